The molecule has 0 unspecified atom stereocenters. The number of hydrogen-bond acceptors (Lipinski definition) is 12. The van der Waals surface area contributed by atoms with Crippen LogP contribution in [0.3, 0.4) is 0 Å². The molecule has 1 aromatic rings. The van der Waals surface area contributed by atoms with Gasteiger partial charge in [-0.1, -0.05) is 34.8 Å². The minimum Gasteiger partial charge on any atom is -0.462 e. The first-order valence-corrected chi connectivity index (χ1v) is 12.5. The van der Waals surface area contributed by atoms with Gasteiger partial charge in [0.25, 0.3) is 0 Å². The zero-order valence-electron chi connectivity index (χ0n) is 22.3. The molecule has 0 spiro atoms. The minimum absolute atomic E-state index is 0.0560. The number of nitrogens with zero attached hydrogens (tertiary/aromatic N) is 2. The van der Waals surface area contributed by atoms with Crippen LogP contribution in [0.4, 0.5) is 5.69 Å². The van der Waals surface area contributed by atoms with Gasteiger partial charge in [0.15, 0.2) is 24.4 Å². The maximum atomic E-state index is 12.5. The molecule has 0 saturated carbocycles. The summed E-state index contributed by atoms with van der Waals surface area (Å²) in [7, 11) is 0. The maximum absolute atomic E-state index is 12.5. The van der Waals surface area contributed by atoms with Crippen LogP contribution in [-0.2, 0) is 52.5 Å². The van der Waals surface area contributed by atoms with Gasteiger partial charge in [0.05, 0.1) is 16.3 Å². The third-order valence-corrected chi connectivity index (χ3v) is 5.30. The van der Waals surface area contributed by atoms with Gasteiger partial charge in [-0.05, 0) is 12.1 Å². The molecule has 0 fully saturated rings. The van der Waals surface area contributed by atoms with Crippen LogP contribution in [0.1, 0.15) is 41.5 Å². The summed E-state index contributed by atoms with van der Waals surface area (Å²) in [4.78, 5) is 71.8. The third kappa shape index (κ3) is 11.4. The fourth-order valence-corrected chi connectivity index (χ4v) is 4.18. The molecule has 1 amide bonds. The van der Waals surface area contributed by atoms with Crippen molar-refractivity contribution in [3.63, 3.8) is 0 Å². The Bertz CT molecular complexity index is 1150. The molecule has 4 atom stereocenters. The van der Waals surface area contributed by atoms with Crippen LogP contribution in [0.5, 0.6) is 0 Å². The van der Waals surface area contributed by atoms with Gasteiger partial charge in [0.2, 0.25) is 5.91 Å². The van der Waals surface area contributed by atoms with E-state index in [1.165, 1.54) is 12.1 Å². The minimum atomic E-state index is -1.74. The number of carbonyl (C=O) groups excluding carboxylic acids is 6. The lowest BCUT2D eigenvalue weighted by molar-refractivity contribution is -0.197. The van der Waals surface area contributed by atoms with Crippen molar-refractivity contribution in [1.82, 2.24) is 0 Å². The highest BCUT2D eigenvalue weighted by Crippen LogP contribution is 2.37. The van der Waals surface area contributed by atoms with Crippen LogP contribution in [-0.4, -0.2) is 73.0 Å². The van der Waals surface area contributed by atoms with E-state index in [1.54, 1.807) is 0 Å². The molecule has 220 valence electrons. The van der Waals surface area contributed by atoms with E-state index < -0.39 is 66.8 Å². The van der Waals surface area contributed by atoms with Crippen LogP contribution >= 0.6 is 34.8 Å². The Labute approximate surface area is 244 Å². The van der Waals surface area contributed by atoms with Crippen molar-refractivity contribution in [2.75, 3.05) is 11.6 Å². The van der Waals surface area contributed by atoms with Gasteiger partial charge in [0, 0.05) is 46.6 Å². The van der Waals surface area contributed by atoms with Crippen LogP contribution in [0.25, 0.3) is 0 Å². The number of hydrazone groups is 1. The van der Waals surface area contributed by atoms with E-state index in [9.17, 15) is 28.8 Å². The molecule has 1 aromatic carbocycles. The summed E-state index contributed by atoms with van der Waals surface area (Å²) in [6.07, 6.45) is -5.77. The van der Waals surface area contributed by atoms with E-state index in [-0.39, 0.29) is 20.8 Å². The second-order valence-corrected chi connectivity index (χ2v) is 9.24. The number of hydrogen-bond donors (Lipinski definition) is 0. The number of rotatable bonds is 12. The molecule has 0 aliphatic carbocycles. The average molecular weight is 626 g/mol. The van der Waals surface area contributed by atoms with Crippen molar-refractivity contribution in [2.24, 2.45) is 5.10 Å². The normalized spacial score (nSPS) is 13.8. The van der Waals surface area contributed by atoms with Crippen molar-refractivity contribution >= 4 is 82.5 Å². The van der Waals surface area contributed by atoms with E-state index in [1.807, 2.05) is 0 Å². The predicted octanol–water partition coefficient (Wildman–Crippen LogP) is 3.28. The second kappa shape index (κ2) is 16.0. The summed E-state index contributed by atoms with van der Waals surface area (Å²) in [6.45, 7) is 5.62. The Morgan fingerprint density at radius 1 is 0.750 bits per heavy atom. The first-order chi connectivity index (χ1) is 18.5. The number of anilines is 1. The highest BCUT2D eigenvalue weighted by molar-refractivity contribution is 6.42. The predicted molar refractivity (Wildman–Crippen MR) is 142 cm³/mol. The van der Waals surface area contributed by atoms with Crippen molar-refractivity contribution in [3.05, 3.63) is 27.2 Å². The van der Waals surface area contributed by atoms with E-state index in [2.05, 4.69) is 5.10 Å². The Balaban J connectivity index is 3.75. The number of amides is 1. The lowest BCUT2D eigenvalue weighted by Crippen LogP contribution is -2.53. The molecule has 0 aliphatic rings. The summed E-state index contributed by atoms with van der Waals surface area (Å²) >= 11 is 18.4. The van der Waals surface area contributed by atoms with Gasteiger partial charge >= 0.3 is 29.8 Å². The summed E-state index contributed by atoms with van der Waals surface area (Å²) in [6, 6.07) is 2.60. The van der Waals surface area contributed by atoms with E-state index in [0.29, 0.717) is 0 Å². The van der Waals surface area contributed by atoms with E-state index >= 15 is 0 Å². The van der Waals surface area contributed by atoms with Gasteiger partial charge in [0.1, 0.15) is 12.3 Å². The molecule has 0 radical (unpaired) electrons. The smallest absolute Gasteiger partial charge is 0.303 e. The van der Waals surface area contributed by atoms with Crippen molar-refractivity contribution in [3.8, 4) is 0 Å². The molecule has 40 heavy (non-hydrogen) atoms. The summed E-state index contributed by atoms with van der Waals surface area (Å²) in [5, 5.41) is 4.84. The van der Waals surface area contributed by atoms with Crippen LogP contribution in [0, 0.1) is 0 Å². The molecule has 0 aromatic heterocycles. The lowest BCUT2D eigenvalue weighted by Gasteiger charge is -2.34. The molecule has 0 bridgehead atoms. The molecular weight excluding hydrogens is 599 g/mol. The molecule has 0 heterocycles. The fourth-order valence-electron chi connectivity index (χ4n) is 3.21. The SMILES string of the molecule is CC(=O)OC[C@@H](OC(C)=O)[C@@H](OC(C)=O)[C@H](OC(C)=O)[C@H](/C=N/N(C(C)=O)c1c(Cl)cc(Cl)cc1Cl)OC(C)=O. The number of halogens is 3. The Morgan fingerprint density at radius 2 is 1.23 bits per heavy atom. The van der Waals surface area contributed by atoms with Crippen LogP contribution < -0.4 is 5.01 Å². The van der Waals surface area contributed by atoms with Gasteiger partial charge in [-0.25, -0.2) is 0 Å². The first kappa shape index (κ1) is 34.6. The van der Waals surface area contributed by atoms with Gasteiger partial charge in [-0.2, -0.15) is 10.1 Å². The largest absolute Gasteiger partial charge is 0.462 e. The quantitative estimate of drug-likeness (QED) is 0.145. The first-order valence-electron chi connectivity index (χ1n) is 11.3. The molecule has 0 N–H and O–H groups in total. The highest BCUT2D eigenvalue weighted by atomic mass is 35.5. The lowest BCUT2D eigenvalue weighted by atomic mass is 10.0. The molecule has 0 aliphatic heterocycles. The van der Waals surface area contributed by atoms with Gasteiger partial charge < -0.3 is 23.7 Å². The monoisotopic (exact) mass is 624 g/mol. The number of benzene rings is 1. The number of esters is 5. The van der Waals surface area contributed by atoms with Gasteiger partial charge in [-0.15, -0.1) is 0 Å². The standard InChI is InChI=1S/C24H27Cl3N2O11/c1-11(30)29(22-18(26)7-17(25)8-19(22)27)28-9-20(37-13(3)32)23(39-15(5)34)24(40-16(6)35)21(38-14(4)33)10-36-12(2)31/h7-9,20-21,23-24H,10H2,1-6H3/b28-9+/t20-,21+,23+,24+/m0/s1. The molecule has 16 heteroatoms. The van der Waals surface area contributed by atoms with Crippen LogP contribution in [0.2, 0.25) is 15.1 Å². The highest BCUT2D eigenvalue weighted by Gasteiger charge is 2.43. The topological polar surface area (TPSA) is 164 Å². The fraction of sp³-hybridized carbons (Fsp3) is 0.458. The van der Waals surface area contributed by atoms with Crippen molar-refractivity contribution < 1.29 is 52.5 Å². The van der Waals surface area contributed by atoms with Crippen molar-refractivity contribution in [2.45, 2.75) is 66.0 Å². The summed E-state index contributed by atoms with van der Waals surface area (Å²) < 4.78 is 26.0. The Morgan fingerprint density at radius 3 is 1.65 bits per heavy atom. The maximum Gasteiger partial charge on any atom is 0.303 e. The molecular formula is C24H27Cl3N2O11. The molecule has 13 nitrogen and oxygen atoms in total. The van der Waals surface area contributed by atoms with E-state index in [0.717, 1.165) is 52.8 Å². The molecule has 1 rings (SSSR count). The third-order valence-electron chi connectivity index (χ3n) is 4.51. The summed E-state index contributed by atoms with van der Waals surface area (Å²) in [5.41, 5.74) is -0.0775. The number of ether oxygens (including phenoxy) is 5. The van der Waals surface area contributed by atoms with Crippen molar-refractivity contribution in [1.29, 1.82) is 0 Å². The zero-order valence-corrected chi connectivity index (χ0v) is 24.5. The summed E-state index contributed by atoms with van der Waals surface area (Å²) in [5.74, 6) is -5.11. The Hall–Kier alpha value is -3.42. The number of carbonyl (C=O) groups is 6. The van der Waals surface area contributed by atoms with Crippen LogP contribution in [0.15, 0.2) is 17.2 Å². The van der Waals surface area contributed by atoms with E-state index in [4.69, 9.17) is 58.5 Å². The second-order valence-electron chi connectivity index (χ2n) is 7.99. The van der Waals surface area contributed by atoms with Gasteiger partial charge in [-0.3, -0.25) is 28.8 Å². The average Bonchev–Trinajstić information content (AvgIpc) is 2.78. The molecule has 0 saturated heterocycles. The Kier molecular flexibility index (Phi) is 13.8. The zero-order chi connectivity index (χ0) is 30.7.